The van der Waals surface area contributed by atoms with Crippen molar-refractivity contribution in [2.24, 2.45) is 4.99 Å². The van der Waals surface area contributed by atoms with Crippen LogP contribution in [0.1, 0.15) is 18.2 Å². The van der Waals surface area contributed by atoms with Crippen LogP contribution in [0.5, 0.6) is 0 Å². The molecule has 0 unspecified atom stereocenters. The van der Waals surface area contributed by atoms with Crippen LogP contribution < -0.4 is 15.8 Å². The van der Waals surface area contributed by atoms with Gasteiger partial charge in [0.2, 0.25) is 5.13 Å². The number of benzene rings is 1. The number of fused-ring (bicyclic) bond motifs is 1. The number of aromatic amines is 1. The Morgan fingerprint density at radius 3 is 2.77 bits per heavy atom. The highest BCUT2D eigenvalue weighted by atomic mass is 32.1. The zero-order chi connectivity index (χ0) is 21.3. The lowest BCUT2D eigenvalue weighted by Gasteiger charge is -2.21. The molecule has 7 nitrogen and oxygen atoms in total. The van der Waals surface area contributed by atoms with E-state index in [0.717, 1.165) is 53.4 Å². The fraction of sp³-hybridized carbons (Fsp3) is 0.421. The van der Waals surface area contributed by atoms with Gasteiger partial charge in [0.1, 0.15) is 26.2 Å². The van der Waals surface area contributed by atoms with E-state index < -0.39 is 23.0 Å². The average molecular weight is 440 g/mol. The molecule has 1 saturated heterocycles. The molecule has 11 heteroatoms. The summed E-state index contributed by atoms with van der Waals surface area (Å²) in [6.07, 6.45) is -4.71. The van der Waals surface area contributed by atoms with E-state index in [2.05, 4.69) is 20.4 Å². The molecule has 0 bridgehead atoms. The fourth-order valence-corrected chi connectivity index (χ4v) is 4.59. The third-order valence-electron chi connectivity index (χ3n) is 5.23. The summed E-state index contributed by atoms with van der Waals surface area (Å²) in [6.45, 7) is 6.69. The molecule has 1 aliphatic heterocycles. The van der Waals surface area contributed by atoms with Crippen molar-refractivity contribution in [3.63, 3.8) is 0 Å². The number of piperazine rings is 1. The highest BCUT2D eigenvalue weighted by Gasteiger charge is 2.39. The number of alkyl halides is 3. The molecule has 3 heterocycles. The molecule has 0 radical (unpaired) electrons. The Morgan fingerprint density at radius 2 is 2.07 bits per heavy atom. The van der Waals surface area contributed by atoms with Crippen LogP contribution in [0.2, 0.25) is 0 Å². The minimum Gasteiger partial charge on any atom is -0.337 e. The van der Waals surface area contributed by atoms with Crippen molar-refractivity contribution in [2.75, 3.05) is 39.3 Å². The van der Waals surface area contributed by atoms with Gasteiger partial charge in [0, 0.05) is 5.71 Å². The van der Waals surface area contributed by atoms with Crippen molar-refractivity contribution < 1.29 is 23.4 Å². The number of hydrogen-bond acceptors (Lipinski definition) is 4. The van der Waals surface area contributed by atoms with E-state index in [1.54, 1.807) is 12.1 Å². The van der Waals surface area contributed by atoms with Gasteiger partial charge in [-0.15, -0.1) is 0 Å². The fourth-order valence-electron chi connectivity index (χ4n) is 3.66. The molecule has 0 spiro atoms. The van der Waals surface area contributed by atoms with Gasteiger partial charge >= 0.3 is 6.18 Å². The van der Waals surface area contributed by atoms with Crippen LogP contribution in [0.15, 0.2) is 34.1 Å². The molecule has 160 valence electrons. The number of hydrogen-bond donors (Lipinski definition) is 3. The van der Waals surface area contributed by atoms with Gasteiger partial charge in [0.25, 0.3) is 5.56 Å². The van der Waals surface area contributed by atoms with E-state index in [-0.39, 0.29) is 10.8 Å². The molecule has 2 aromatic heterocycles. The highest BCUT2D eigenvalue weighted by molar-refractivity contribution is 7.20. The number of halogens is 3. The number of quaternary nitrogens is 2. The predicted molar refractivity (Wildman–Crippen MR) is 109 cm³/mol. The van der Waals surface area contributed by atoms with E-state index >= 15 is 0 Å². The number of aromatic nitrogens is 3. The first-order valence-corrected chi connectivity index (χ1v) is 10.6. The van der Waals surface area contributed by atoms with Crippen molar-refractivity contribution in [2.45, 2.75) is 13.1 Å². The van der Waals surface area contributed by atoms with Gasteiger partial charge in [0.05, 0.1) is 28.9 Å². The van der Waals surface area contributed by atoms with Crippen molar-refractivity contribution >= 4 is 27.3 Å². The summed E-state index contributed by atoms with van der Waals surface area (Å²) in [7, 11) is 0. The molecule has 4 N–H and O–H groups in total. The van der Waals surface area contributed by atoms with Gasteiger partial charge in [-0.3, -0.25) is 14.9 Å². The third-order valence-corrected chi connectivity index (χ3v) is 6.25. The Hall–Kier alpha value is -2.50. The van der Waals surface area contributed by atoms with Crippen LogP contribution in [0.3, 0.4) is 0 Å². The predicted octanol–water partition coefficient (Wildman–Crippen LogP) is 0.0650. The lowest BCUT2D eigenvalue weighted by molar-refractivity contribution is -0.945. The summed E-state index contributed by atoms with van der Waals surface area (Å²) in [5.41, 5.74) is -1.60. The largest absolute Gasteiger partial charge is 0.433 e. The summed E-state index contributed by atoms with van der Waals surface area (Å²) in [4.78, 5) is 22.9. The molecule has 0 atom stereocenters. The number of rotatable bonds is 5. The van der Waals surface area contributed by atoms with Crippen LogP contribution >= 0.6 is 11.3 Å². The first kappa shape index (κ1) is 20.8. The number of aliphatic imine (C=N–C) groups is 1. The normalized spacial score (nSPS) is 16.5. The molecule has 0 saturated carbocycles. The highest BCUT2D eigenvalue weighted by Crippen LogP contribution is 2.31. The Balaban J connectivity index is 1.67. The van der Waals surface area contributed by atoms with E-state index in [4.69, 9.17) is 0 Å². The summed E-state index contributed by atoms with van der Waals surface area (Å²) >= 11 is 1.15. The minimum absolute atomic E-state index is 0.0893. The number of nitrogens with one attached hydrogen (secondary N) is 2. The second kappa shape index (κ2) is 8.32. The van der Waals surface area contributed by atoms with Crippen molar-refractivity contribution in [1.82, 2.24) is 14.8 Å². The average Bonchev–Trinajstić information content (AvgIpc) is 3.29. The van der Waals surface area contributed by atoms with Crippen LogP contribution in [-0.4, -0.2) is 59.7 Å². The number of nitrogens with two attached hydrogens (primary N) is 1. The van der Waals surface area contributed by atoms with Crippen LogP contribution in [-0.2, 0) is 6.18 Å². The van der Waals surface area contributed by atoms with E-state index in [9.17, 15) is 18.0 Å². The maximum absolute atomic E-state index is 13.7. The second-order valence-electron chi connectivity index (χ2n) is 7.30. The van der Waals surface area contributed by atoms with Gasteiger partial charge in [-0.25, -0.2) is 4.98 Å². The number of H-pyrrole nitrogens is 1. The molecule has 1 aliphatic rings. The van der Waals surface area contributed by atoms with Gasteiger partial charge in [0.15, 0.2) is 5.69 Å². The first-order chi connectivity index (χ1) is 14.3. The van der Waals surface area contributed by atoms with Gasteiger partial charge < -0.3 is 10.2 Å². The zero-order valence-electron chi connectivity index (χ0n) is 16.4. The van der Waals surface area contributed by atoms with Crippen molar-refractivity contribution in [3.8, 4) is 5.13 Å². The summed E-state index contributed by atoms with van der Waals surface area (Å²) in [5, 5.41) is 4.64. The molecule has 1 fully saturated rings. The number of para-hydroxylation sites is 1. The standard InChI is InChI=1S/C19H21F3N6OS/c1-12(24-8-11-27-9-6-23-7-10-27)15-16(19(20,21)22)26-28(17(15)29)18-25-13-4-2-3-5-14(13)30-18/h2-5,23,26H,6-11H2,1H3/p+2. The van der Waals surface area contributed by atoms with Crippen LogP contribution in [0.4, 0.5) is 13.2 Å². The monoisotopic (exact) mass is 440 g/mol. The summed E-state index contributed by atoms with van der Waals surface area (Å²) in [6, 6.07) is 7.16. The SMILES string of the molecule is CC(=NCC[NH+]1CC[NH2+]CC1)c1c(C(F)(F)F)[nH]n(-c2nc3ccccc3s2)c1=O. The summed E-state index contributed by atoms with van der Waals surface area (Å²) in [5.74, 6) is 0. The Morgan fingerprint density at radius 1 is 1.33 bits per heavy atom. The maximum Gasteiger partial charge on any atom is 0.433 e. The van der Waals surface area contributed by atoms with E-state index in [1.165, 1.54) is 11.8 Å². The van der Waals surface area contributed by atoms with E-state index in [1.807, 2.05) is 12.1 Å². The van der Waals surface area contributed by atoms with E-state index in [0.29, 0.717) is 12.1 Å². The molecular weight excluding hydrogens is 417 g/mol. The topological polar surface area (TPSA) is 84.1 Å². The van der Waals surface area contributed by atoms with Crippen LogP contribution in [0, 0.1) is 0 Å². The Kier molecular flexibility index (Phi) is 5.76. The minimum atomic E-state index is -4.71. The number of thiazole rings is 1. The summed E-state index contributed by atoms with van der Waals surface area (Å²) < 4.78 is 42.7. The molecule has 3 aromatic rings. The van der Waals surface area contributed by atoms with Gasteiger partial charge in [-0.1, -0.05) is 23.5 Å². The second-order valence-corrected chi connectivity index (χ2v) is 8.31. The van der Waals surface area contributed by atoms with Gasteiger partial charge in [-0.05, 0) is 19.1 Å². The smallest absolute Gasteiger partial charge is 0.337 e. The molecule has 1 aromatic carbocycles. The Labute approximate surface area is 174 Å². The van der Waals surface area contributed by atoms with Crippen molar-refractivity contribution in [3.05, 3.63) is 45.9 Å². The number of nitrogens with zero attached hydrogens (tertiary/aromatic N) is 3. The zero-order valence-corrected chi connectivity index (χ0v) is 17.2. The lowest BCUT2D eigenvalue weighted by Crippen LogP contribution is -3.20. The molecule has 0 amide bonds. The molecular formula is C19H23F3N6OS+2. The van der Waals surface area contributed by atoms with Crippen molar-refractivity contribution in [1.29, 1.82) is 0 Å². The lowest BCUT2D eigenvalue weighted by atomic mass is 10.1. The first-order valence-electron chi connectivity index (χ1n) is 9.79. The molecule has 4 rings (SSSR count). The van der Waals surface area contributed by atoms with Crippen LogP contribution in [0.25, 0.3) is 15.3 Å². The maximum atomic E-state index is 13.7. The molecule has 0 aliphatic carbocycles. The quantitative estimate of drug-likeness (QED) is 0.491. The van der Waals surface area contributed by atoms with Gasteiger partial charge in [-0.2, -0.15) is 17.9 Å². The Bertz CT molecular complexity index is 1090. The third kappa shape index (κ3) is 4.18. The molecule has 30 heavy (non-hydrogen) atoms.